The molecule has 1 fully saturated rings. The number of nitrogen functional groups attached to an aromatic ring is 1. The van der Waals surface area contributed by atoms with Gasteiger partial charge in [-0.15, -0.1) is 10.2 Å². The van der Waals surface area contributed by atoms with Crippen LogP contribution in [0.5, 0.6) is 0 Å². The van der Waals surface area contributed by atoms with E-state index < -0.39 is 0 Å². The molecule has 0 saturated heterocycles. The van der Waals surface area contributed by atoms with Crippen LogP contribution in [0.2, 0.25) is 0 Å². The van der Waals surface area contributed by atoms with Crippen molar-refractivity contribution in [1.29, 1.82) is 5.26 Å². The molecule has 1 aromatic heterocycles. The van der Waals surface area contributed by atoms with Gasteiger partial charge in [-0.05, 0) is 18.3 Å². The minimum Gasteiger partial charge on any atom is -0.374 e. The van der Waals surface area contributed by atoms with Crippen LogP contribution in [0.3, 0.4) is 0 Å². The number of aromatic nitrogens is 2. The van der Waals surface area contributed by atoms with Crippen molar-refractivity contribution in [3.05, 3.63) is 0 Å². The first-order valence-electron chi connectivity index (χ1n) is 4.33. The molecule has 0 amide bonds. The second-order valence-electron chi connectivity index (χ2n) is 3.53. The van der Waals surface area contributed by atoms with Crippen LogP contribution in [-0.4, -0.2) is 16.0 Å². The SMILES string of the molecule is N#CCC1(CSc2nnc(N)s2)CC1. The highest BCUT2D eigenvalue weighted by atomic mass is 32.2. The van der Waals surface area contributed by atoms with Gasteiger partial charge in [-0.2, -0.15) is 5.26 Å². The Morgan fingerprint density at radius 3 is 2.86 bits per heavy atom. The lowest BCUT2D eigenvalue weighted by Gasteiger charge is -2.07. The topological polar surface area (TPSA) is 75.6 Å². The highest BCUT2D eigenvalue weighted by Crippen LogP contribution is 2.51. The van der Waals surface area contributed by atoms with Crippen LogP contribution < -0.4 is 5.73 Å². The maximum absolute atomic E-state index is 8.64. The molecule has 2 N–H and O–H groups in total. The third-order valence-electron chi connectivity index (χ3n) is 2.34. The molecule has 6 heteroatoms. The number of hydrogen-bond donors (Lipinski definition) is 1. The lowest BCUT2D eigenvalue weighted by atomic mass is 10.1. The predicted octanol–water partition coefficient (Wildman–Crippen LogP) is 1.91. The number of nitrogens with two attached hydrogens (primary N) is 1. The van der Waals surface area contributed by atoms with Crippen molar-refractivity contribution in [2.24, 2.45) is 5.41 Å². The van der Waals surface area contributed by atoms with Crippen molar-refractivity contribution in [3.8, 4) is 6.07 Å². The second-order valence-corrected chi connectivity index (χ2v) is 5.76. The molecule has 0 atom stereocenters. The summed E-state index contributed by atoms with van der Waals surface area (Å²) < 4.78 is 0.909. The molecule has 0 aromatic carbocycles. The number of anilines is 1. The van der Waals surface area contributed by atoms with Crippen molar-refractivity contribution in [2.75, 3.05) is 11.5 Å². The van der Waals surface area contributed by atoms with Crippen molar-refractivity contribution in [3.63, 3.8) is 0 Å². The van der Waals surface area contributed by atoms with Crippen LogP contribution in [0.25, 0.3) is 0 Å². The number of hydrogen-bond acceptors (Lipinski definition) is 6. The molecule has 1 aliphatic carbocycles. The number of nitrogens with zero attached hydrogens (tertiary/aromatic N) is 3. The summed E-state index contributed by atoms with van der Waals surface area (Å²) in [5.41, 5.74) is 5.74. The maximum Gasteiger partial charge on any atom is 0.203 e. The molecule has 0 unspecified atom stereocenters. The summed E-state index contributed by atoms with van der Waals surface area (Å²) in [5, 5.41) is 16.8. The smallest absolute Gasteiger partial charge is 0.203 e. The molecule has 1 aromatic rings. The number of nitriles is 1. The fourth-order valence-corrected chi connectivity index (χ4v) is 3.14. The fraction of sp³-hybridized carbons (Fsp3) is 0.625. The minimum absolute atomic E-state index is 0.264. The van der Waals surface area contributed by atoms with Crippen LogP contribution in [0, 0.1) is 16.7 Å². The van der Waals surface area contributed by atoms with Gasteiger partial charge in [-0.25, -0.2) is 0 Å². The van der Waals surface area contributed by atoms with E-state index in [1.54, 1.807) is 11.8 Å². The van der Waals surface area contributed by atoms with Gasteiger partial charge in [-0.3, -0.25) is 0 Å². The summed E-state index contributed by atoms with van der Waals surface area (Å²) in [5.74, 6) is 0.967. The van der Waals surface area contributed by atoms with Gasteiger partial charge >= 0.3 is 0 Å². The molecule has 1 aliphatic rings. The quantitative estimate of drug-likeness (QED) is 0.794. The van der Waals surface area contributed by atoms with E-state index in [2.05, 4.69) is 16.3 Å². The van der Waals surface area contributed by atoms with Gasteiger partial charge in [-0.1, -0.05) is 23.1 Å². The molecule has 0 aliphatic heterocycles. The van der Waals surface area contributed by atoms with E-state index in [1.165, 1.54) is 24.2 Å². The predicted molar refractivity (Wildman–Crippen MR) is 56.9 cm³/mol. The fourth-order valence-electron chi connectivity index (χ4n) is 1.21. The van der Waals surface area contributed by atoms with Gasteiger partial charge < -0.3 is 5.73 Å². The average Bonchev–Trinajstić information content (AvgIpc) is 2.80. The lowest BCUT2D eigenvalue weighted by molar-refractivity contribution is 0.604. The Morgan fingerprint density at radius 2 is 2.36 bits per heavy atom. The van der Waals surface area contributed by atoms with E-state index in [1.807, 2.05) is 0 Å². The zero-order valence-corrected chi connectivity index (χ0v) is 9.20. The van der Waals surface area contributed by atoms with Gasteiger partial charge in [0.15, 0.2) is 4.34 Å². The standard InChI is InChI=1S/C8H10N4S2/c9-4-3-8(1-2-8)5-13-7-12-11-6(10)14-7/h1-3,5H2,(H2,10,11). The highest BCUT2D eigenvalue weighted by molar-refractivity contribution is 8.01. The summed E-state index contributed by atoms with van der Waals surface area (Å²) in [4.78, 5) is 0. The molecule has 0 bridgehead atoms. The molecule has 1 heterocycles. The van der Waals surface area contributed by atoms with Gasteiger partial charge in [0.25, 0.3) is 0 Å². The number of thioether (sulfide) groups is 1. The van der Waals surface area contributed by atoms with Gasteiger partial charge in [0.05, 0.1) is 6.07 Å². The van der Waals surface area contributed by atoms with Crippen LogP contribution >= 0.6 is 23.1 Å². The highest BCUT2D eigenvalue weighted by Gasteiger charge is 2.42. The molecule has 1 saturated carbocycles. The Morgan fingerprint density at radius 1 is 1.57 bits per heavy atom. The normalized spacial score (nSPS) is 17.6. The first kappa shape index (κ1) is 9.74. The van der Waals surface area contributed by atoms with E-state index in [0.29, 0.717) is 11.6 Å². The lowest BCUT2D eigenvalue weighted by Crippen LogP contribution is -2.01. The maximum atomic E-state index is 8.64. The molecular formula is C8H10N4S2. The summed E-state index contributed by atoms with van der Waals surface area (Å²) in [6.07, 6.45) is 3.00. The van der Waals surface area contributed by atoms with Crippen molar-refractivity contribution >= 4 is 28.2 Å². The van der Waals surface area contributed by atoms with Gasteiger partial charge in [0, 0.05) is 12.2 Å². The van der Waals surface area contributed by atoms with Gasteiger partial charge in [0.1, 0.15) is 0 Å². The second kappa shape index (κ2) is 3.75. The van der Waals surface area contributed by atoms with Crippen molar-refractivity contribution < 1.29 is 0 Å². The van der Waals surface area contributed by atoms with E-state index in [-0.39, 0.29) is 5.41 Å². The summed E-state index contributed by atoms with van der Waals surface area (Å²) in [6, 6.07) is 2.24. The summed E-state index contributed by atoms with van der Waals surface area (Å²) >= 11 is 3.07. The summed E-state index contributed by atoms with van der Waals surface area (Å²) in [7, 11) is 0. The Labute approximate surface area is 90.5 Å². The number of rotatable bonds is 4. The first-order chi connectivity index (χ1) is 6.74. The Kier molecular flexibility index (Phi) is 2.61. The molecule has 4 nitrogen and oxygen atoms in total. The van der Waals surface area contributed by atoms with Crippen LogP contribution in [0.1, 0.15) is 19.3 Å². The largest absolute Gasteiger partial charge is 0.374 e. The first-order valence-corrected chi connectivity index (χ1v) is 6.13. The zero-order chi connectivity index (χ0) is 10.0. The van der Waals surface area contributed by atoms with Gasteiger partial charge in [0.2, 0.25) is 5.13 Å². The van der Waals surface area contributed by atoms with Crippen LogP contribution in [-0.2, 0) is 0 Å². The van der Waals surface area contributed by atoms with Crippen LogP contribution in [0.4, 0.5) is 5.13 Å². The molecule has 14 heavy (non-hydrogen) atoms. The van der Waals surface area contributed by atoms with E-state index in [0.717, 1.165) is 10.1 Å². The molecule has 0 spiro atoms. The average molecular weight is 226 g/mol. The summed E-state index contributed by atoms with van der Waals surface area (Å²) in [6.45, 7) is 0. The Hall–Kier alpha value is -0.800. The molecule has 0 radical (unpaired) electrons. The van der Waals surface area contributed by atoms with E-state index >= 15 is 0 Å². The third-order valence-corrected chi connectivity index (χ3v) is 4.57. The molecule has 2 rings (SSSR count). The Bertz CT molecular complexity index is 364. The minimum atomic E-state index is 0.264. The monoisotopic (exact) mass is 226 g/mol. The zero-order valence-electron chi connectivity index (χ0n) is 7.56. The van der Waals surface area contributed by atoms with E-state index in [4.69, 9.17) is 11.0 Å². The van der Waals surface area contributed by atoms with E-state index in [9.17, 15) is 0 Å². The Balaban J connectivity index is 1.86. The van der Waals surface area contributed by atoms with Crippen molar-refractivity contribution in [1.82, 2.24) is 10.2 Å². The van der Waals surface area contributed by atoms with Crippen LogP contribution in [0.15, 0.2) is 4.34 Å². The van der Waals surface area contributed by atoms with Crippen molar-refractivity contribution in [2.45, 2.75) is 23.6 Å². The third kappa shape index (κ3) is 2.16. The molecular weight excluding hydrogens is 216 g/mol. The molecule has 74 valence electrons.